The van der Waals surface area contributed by atoms with Gasteiger partial charge in [-0.05, 0) is 24.3 Å². The van der Waals surface area contributed by atoms with Crippen LogP contribution < -0.4 is 4.74 Å². The number of alkyl halides is 7. The van der Waals surface area contributed by atoms with Gasteiger partial charge in [0.05, 0.1) is 12.7 Å². The van der Waals surface area contributed by atoms with Gasteiger partial charge in [-0.15, -0.1) is 0 Å². The Labute approximate surface area is 119 Å². The maximum absolute atomic E-state index is 13.0. The minimum Gasteiger partial charge on any atom is -0.487 e. The summed E-state index contributed by atoms with van der Waals surface area (Å²) >= 11 is 0. The summed E-state index contributed by atoms with van der Waals surface area (Å²) in [6, 6.07) is 4.05. The molecular formula is C12H9F7O3. The molecule has 0 atom stereocenters. The number of hydrogen-bond acceptors (Lipinski definition) is 3. The van der Waals surface area contributed by atoms with Crippen LogP contribution in [0.25, 0.3) is 0 Å². The van der Waals surface area contributed by atoms with Gasteiger partial charge in [0.1, 0.15) is 5.75 Å². The minimum absolute atomic E-state index is 0.0160. The van der Waals surface area contributed by atoms with Crippen LogP contribution in [-0.4, -0.2) is 37.7 Å². The Morgan fingerprint density at radius 2 is 1.50 bits per heavy atom. The van der Waals surface area contributed by atoms with Crippen molar-refractivity contribution in [2.45, 2.75) is 18.0 Å². The van der Waals surface area contributed by atoms with Crippen LogP contribution in [0.4, 0.5) is 30.7 Å². The Kier molecular flexibility index (Phi) is 4.93. The Bertz CT molecular complexity index is 523. The van der Waals surface area contributed by atoms with E-state index in [4.69, 9.17) is 0 Å². The SMILES string of the molecule is COC(=O)c1ccc(OCC(F)(F)C(F)(F)C(F)(F)F)cc1. The zero-order valence-corrected chi connectivity index (χ0v) is 10.9. The Morgan fingerprint density at radius 3 is 1.91 bits per heavy atom. The minimum atomic E-state index is -6.41. The van der Waals surface area contributed by atoms with Crippen molar-refractivity contribution in [3.05, 3.63) is 29.8 Å². The monoisotopic (exact) mass is 334 g/mol. The first kappa shape index (κ1) is 18.1. The number of carbonyl (C=O) groups is 1. The van der Waals surface area contributed by atoms with E-state index in [9.17, 15) is 35.5 Å². The average Bonchev–Trinajstić information content (AvgIpc) is 2.43. The molecule has 22 heavy (non-hydrogen) atoms. The number of esters is 1. The van der Waals surface area contributed by atoms with E-state index in [-0.39, 0.29) is 5.56 Å². The molecule has 1 aromatic carbocycles. The van der Waals surface area contributed by atoms with Crippen molar-refractivity contribution in [2.24, 2.45) is 0 Å². The molecule has 0 fully saturated rings. The van der Waals surface area contributed by atoms with E-state index in [1.807, 2.05) is 0 Å². The van der Waals surface area contributed by atoms with Crippen LogP contribution in [0.5, 0.6) is 5.75 Å². The molecular weight excluding hydrogens is 325 g/mol. The fourth-order valence-corrected chi connectivity index (χ4v) is 1.28. The molecule has 3 nitrogen and oxygen atoms in total. The first-order chi connectivity index (χ1) is 9.92. The van der Waals surface area contributed by atoms with Gasteiger partial charge >= 0.3 is 24.0 Å². The highest BCUT2D eigenvalue weighted by atomic mass is 19.4. The zero-order valence-electron chi connectivity index (χ0n) is 10.9. The smallest absolute Gasteiger partial charge is 0.460 e. The van der Waals surface area contributed by atoms with Crippen molar-refractivity contribution < 1.29 is 45.0 Å². The highest BCUT2D eigenvalue weighted by molar-refractivity contribution is 5.89. The lowest BCUT2D eigenvalue weighted by molar-refractivity contribution is -0.358. The predicted octanol–water partition coefficient (Wildman–Crippen LogP) is 3.68. The molecule has 0 aliphatic heterocycles. The maximum atomic E-state index is 13.0. The van der Waals surface area contributed by atoms with E-state index >= 15 is 0 Å². The molecule has 0 aliphatic rings. The molecule has 10 heteroatoms. The molecule has 1 rings (SSSR count). The summed E-state index contributed by atoms with van der Waals surface area (Å²) < 4.78 is 95.5. The highest BCUT2D eigenvalue weighted by Gasteiger charge is 2.73. The molecule has 124 valence electrons. The van der Waals surface area contributed by atoms with E-state index in [0.29, 0.717) is 0 Å². The van der Waals surface area contributed by atoms with Crippen molar-refractivity contribution >= 4 is 5.97 Å². The molecule has 0 spiro atoms. The van der Waals surface area contributed by atoms with E-state index in [0.717, 1.165) is 31.4 Å². The van der Waals surface area contributed by atoms with Gasteiger partial charge in [0.25, 0.3) is 0 Å². The fraction of sp³-hybridized carbons (Fsp3) is 0.417. The Hall–Kier alpha value is -2.00. The lowest BCUT2D eigenvalue weighted by Crippen LogP contribution is -2.54. The molecule has 0 N–H and O–H groups in total. The maximum Gasteiger partial charge on any atom is 0.460 e. The van der Waals surface area contributed by atoms with Gasteiger partial charge in [-0.2, -0.15) is 30.7 Å². The topological polar surface area (TPSA) is 35.5 Å². The van der Waals surface area contributed by atoms with Crippen molar-refractivity contribution in [3.8, 4) is 5.75 Å². The van der Waals surface area contributed by atoms with Crippen molar-refractivity contribution in [3.63, 3.8) is 0 Å². The van der Waals surface area contributed by atoms with Crippen molar-refractivity contribution in [1.29, 1.82) is 0 Å². The summed E-state index contributed by atoms with van der Waals surface area (Å²) in [6.45, 7) is -2.18. The van der Waals surface area contributed by atoms with Crippen LogP contribution in [0.15, 0.2) is 24.3 Å². The summed E-state index contributed by atoms with van der Waals surface area (Å²) in [5, 5.41) is 0. The van der Waals surface area contributed by atoms with Crippen LogP contribution >= 0.6 is 0 Å². The van der Waals surface area contributed by atoms with Gasteiger partial charge in [0.15, 0.2) is 6.61 Å². The number of methoxy groups -OCH3 is 1. The first-order valence-corrected chi connectivity index (χ1v) is 5.56. The standard InChI is InChI=1S/C12H9F7O3/c1-21-9(20)7-2-4-8(5-3-7)22-6-10(13,14)11(15,16)12(17,18)19/h2-5H,6H2,1H3. The second-order valence-corrected chi connectivity index (χ2v) is 4.08. The normalized spacial score (nSPS) is 12.9. The van der Waals surface area contributed by atoms with Gasteiger partial charge in [0, 0.05) is 0 Å². The van der Waals surface area contributed by atoms with E-state index < -0.39 is 36.3 Å². The number of ether oxygens (including phenoxy) is 2. The van der Waals surface area contributed by atoms with Crippen molar-refractivity contribution in [2.75, 3.05) is 13.7 Å². The predicted molar refractivity (Wildman–Crippen MR) is 59.2 cm³/mol. The number of halogens is 7. The number of hydrogen-bond donors (Lipinski definition) is 0. The van der Waals surface area contributed by atoms with E-state index in [1.165, 1.54) is 0 Å². The number of benzene rings is 1. The Balaban J connectivity index is 2.79. The average molecular weight is 334 g/mol. The van der Waals surface area contributed by atoms with Crippen LogP contribution in [0.3, 0.4) is 0 Å². The van der Waals surface area contributed by atoms with Gasteiger partial charge in [-0.3, -0.25) is 0 Å². The van der Waals surface area contributed by atoms with Crippen molar-refractivity contribution in [1.82, 2.24) is 0 Å². The van der Waals surface area contributed by atoms with Crippen LogP contribution in [-0.2, 0) is 4.74 Å². The summed E-state index contributed by atoms with van der Waals surface area (Å²) in [5.74, 6) is -12.8. The third-order valence-electron chi connectivity index (χ3n) is 2.51. The molecule has 0 radical (unpaired) electrons. The molecule has 1 aromatic rings. The van der Waals surface area contributed by atoms with E-state index in [2.05, 4.69) is 9.47 Å². The number of carbonyl (C=O) groups excluding carboxylic acids is 1. The molecule has 0 aromatic heterocycles. The summed E-state index contributed by atoms with van der Waals surface area (Å²) in [7, 11) is 1.09. The lowest BCUT2D eigenvalue weighted by atomic mass is 10.1. The molecule has 0 saturated heterocycles. The lowest BCUT2D eigenvalue weighted by Gasteiger charge is -2.27. The molecule has 0 amide bonds. The molecule has 0 unspecified atom stereocenters. The summed E-state index contributed by atoms with van der Waals surface area (Å²) in [4.78, 5) is 11.1. The molecule has 0 bridgehead atoms. The van der Waals surface area contributed by atoms with Crippen LogP contribution in [0, 0.1) is 0 Å². The zero-order chi connectivity index (χ0) is 17.2. The molecule has 0 heterocycles. The fourth-order valence-electron chi connectivity index (χ4n) is 1.28. The van der Waals surface area contributed by atoms with Gasteiger partial charge in [-0.1, -0.05) is 0 Å². The van der Waals surface area contributed by atoms with Crippen LogP contribution in [0.2, 0.25) is 0 Å². The Morgan fingerprint density at radius 1 is 1.00 bits per heavy atom. The second-order valence-electron chi connectivity index (χ2n) is 4.08. The van der Waals surface area contributed by atoms with E-state index in [1.54, 1.807) is 0 Å². The van der Waals surface area contributed by atoms with Gasteiger partial charge in [-0.25, -0.2) is 4.79 Å². The van der Waals surface area contributed by atoms with Gasteiger partial charge in [0.2, 0.25) is 0 Å². The third-order valence-corrected chi connectivity index (χ3v) is 2.51. The molecule has 0 aliphatic carbocycles. The number of rotatable bonds is 5. The molecule has 0 saturated carbocycles. The quantitative estimate of drug-likeness (QED) is 0.609. The highest BCUT2D eigenvalue weighted by Crippen LogP contribution is 2.46. The van der Waals surface area contributed by atoms with Gasteiger partial charge < -0.3 is 9.47 Å². The second kappa shape index (κ2) is 6.01. The largest absolute Gasteiger partial charge is 0.487 e. The van der Waals surface area contributed by atoms with Crippen LogP contribution in [0.1, 0.15) is 10.4 Å². The third kappa shape index (κ3) is 3.60. The summed E-state index contributed by atoms with van der Waals surface area (Å²) in [5.41, 5.74) is 0.0160. The summed E-state index contributed by atoms with van der Waals surface area (Å²) in [6.07, 6.45) is -6.41. The first-order valence-electron chi connectivity index (χ1n) is 5.56.